The molecule has 0 amide bonds. The van der Waals surface area contributed by atoms with Gasteiger partial charge in [-0.05, 0) is 13.8 Å². The second-order valence-corrected chi connectivity index (χ2v) is 5.30. The molecule has 8 heteroatoms. The number of aromatic nitrogens is 4. The third-order valence-corrected chi connectivity index (χ3v) is 4.11. The first-order valence-corrected chi connectivity index (χ1v) is 6.92. The number of halogens is 1. The summed E-state index contributed by atoms with van der Waals surface area (Å²) in [6.45, 7) is 4.01. The SMILES string of the molecule is Cc1c[nH]c(CSc2nnc(CN)n2C)c(C)c1=O.Cl. The molecule has 0 aliphatic heterocycles. The molecule has 2 aromatic heterocycles. The van der Waals surface area contributed by atoms with Crippen molar-refractivity contribution in [3.8, 4) is 0 Å². The maximum absolute atomic E-state index is 11.8. The number of H-pyrrole nitrogens is 1. The van der Waals surface area contributed by atoms with Crippen LogP contribution in [-0.4, -0.2) is 19.7 Å². The summed E-state index contributed by atoms with van der Waals surface area (Å²) in [5.41, 5.74) is 8.05. The number of nitrogens with one attached hydrogen (secondary N) is 1. The summed E-state index contributed by atoms with van der Waals surface area (Å²) in [5.74, 6) is 1.40. The minimum atomic E-state index is 0. The summed E-state index contributed by atoms with van der Waals surface area (Å²) in [6.07, 6.45) is 1.74. The number of thioether (sulfide) groups is 1. The van der Waals surface area contributed by atoms with Crippen molar-refractivity contribution < 1.29 is 0 Å². The number of pyridine rings is 1. The summed E-state index contributed by atoms with van der Waals surface area (Å²) in [7, 11) is 1.88. The fourth-order valence-corrected chi connectivity index (χ4v) is 2.71. The van der Waals surface area contributed by atoms with Gasteiger partial charge in [0.25, 0.3) is 0 Å². The van der Waals surface area contributed by atoms with Crippen LogP contribution in [0.2, 0.25) is 0 Å². The third-order valence-electron chi connectivity index (χ3n) is 3.07. The first-order valence-electron chi connectivity index (χ1n) is 5.93. The molecule has 0 saturated carbocycles. The van der Waals surface area contributed by atoms with E-state index in [1.165, 1.54) is 11.8 Å². The van der Waals surface area contributed by atoms with Crippen molar-refractivity contribution in [3.05, 3.63) is 39.1 Å². The molecule has 0 aliphatic carbocycles. The Balaban J connectivity index is 0.00000200. The van der Waals surface area contributed by atoms with Crippen molar-refractivity contribution in [3.63, 3.8) is 0 Å². The van der Waals surface area contributed by atoms with Crippen LogP contribution in [0.25, 0.3) is 0 Å². The van der Waals surface area contributed by atoms with Crippen LogP contribution in [0.5, 0.6) is 0 Å². The molecule has 0 aromatic carbocycles. The van der Waals surface area contributed by atoms with E-state index in [0.29, 0.717) is 12.3 Å². The van der Waals surface area contributed by atoms with Crippen LogP contribution in [-0.2, 0) is 19.3 Å². The van der Waals surface area contributed by atoms with Crippen molar-refractivity contribution in [1.82, 2.24) is 19.7 Å². The maximum atomic E-state index is 11.8. The van der Waals surface area contributed by atoms with E-state index in [-0.39, 0.29) is 17.8 Å². The highest BCUT2D eigenvalue weighted by molar-refractivity contribution is 7.98. The molecule has 0 bridgehead atoms. The Morgan fingerprint density at radius 1 is 1.40 bits per heavy atom. The summed E-state index contributed by atoms with van der Waals surface area (Å²) >= 11 is 1.53. The molecule has 2 heterocycles. The van der Waals surface area contributed by atoms with Crippen molar-refractivity contribution in [2.75, 3.05) is 0 Å². The van der Waals surface area contributed by atoms with Gasteiger partial charge in [-0.25, -0.2) is 0 Å². The van der Waals surface area contributed by atoms with Gasteiger partial charge in [0.15, 0.2) is 10.6 Å². The lowest BCUT2D eigenvalue weighted by molar-refractivity contribution is 0.734. The highest BCUT2D eigenvalue weighted by atomic mass is 35.5. The average Bonchev–Trinajstić information content (AvgIpc) is 2.76. The van der Waals surface area contributed by atoms with Gasteiger partial charge in [0, 0.05) is 35.8 Å². The largest absolute Gasteiger partial charge is 0.364 e. The molecule has 0 spiro atoms. The van der Waals surface area contributed by atoms with Gasteiger partial charge in [0.05, 0.1) is 6.54 Å². The van der Waals surface area contributed by atoms with Crippen LogP contribution < -0.4 is 11.2 Å². The van der Waals surface area contributed by atoms with E-state index in [9.17, 15) is 4.79 Å². The van der Waals surface area contributed by atoms with E-state index in [4.69, 9.17) is 5.73 Å². The maximum Gasteiger partial charge on any atom is 0.191 e. The molecule has 3 N–H and O–H groups in total. The van der Waals surface area contributed by atoms with Gasteiger partial charge in [-0.3, -0.25) is 4.79 Å². The lowest BCUT2D eigenvalue weighted by Gasteiger charge is -2.06. The number of nitrogens with zero attached hydrogens (tertiary/aromatic N) is 3. The normalized spacial score (nSPS) is 10.4. The number of nitrogens with two attached hydrogens (primary N) is 1. The Labute approximate surface area is 127 Å². The van der Waals surface area contributed by atoms with Gasteiger partial charge in [0.2, 0.25) is 0 Å². The lowest BCUT2D eigenvalue weighted by Crippen LogP contribution is -2.12. The molecule has 110 valence electrons. The van der Waals surface area contributed by atoms with E-state index < -0.39 is 0 Å². The van der Waals surface area contributed by atoms with Gasteiger partial charge in [-0.1, -0.05) is 11.8 Å². The molecule has 20 heavy (non-hydrogen) atoms. The van der Waals surface area contributed by atoms with Gasteiger partial charge in [0.1, 0.15) is 5.82 Å². The van der Waals surface area contributed by atoms with Crippen LogP contribution in [0.15, 0.2) is 16.1 Å². The fourth-order valence-electron chi connectivity index (χ4n) is 1.74. The lowest BCUT2D eigenvalue weighted by atomic mass is 10.2. The zero-order valence-corrected chi connectivity index (χ0v) is 13.3. The van der Waals surface area contributed by atoms with Crippen molar-refractivity contribution in [2.24, 2.45) is 12.8 Å². The topological polar surface area (TPSA) is 89.6 Å². The first kappa shape index (κ1) is 16.7. The van der Waals surface area contributed by atoms with Crippen LogP contribution in [0, 0.1) is 13.8 Å². The Morgan fingerprint density at radius 3 is 2.70 bits per heavy atom. The van der Waals surface area contributed by atoms with Crippen molar-refractivity contribution in [1.29, 1.82) is 0 Å². The second kappa shape index (κ2) is 6.92. The van der Waals surface area contributed by atoms with Crippen LogP contribution in [0.4, 0.5) is 0 Å². The highest BCUT2D eigenvalue weighted by Gasteiger charge is 2.10. The number of hydrogen-bond donors (Lipinski definition) is 2. The van der Waals surface area contributed by atoms with E-state index in [0.717, 1.165) is 27.8 Å². The predicted octanol–water partition coefficient (Wildman–Crippen LogP) is 1.29. The number of hydrogen-bond acceptors (Lipinski definition) is 5. The van der Waals surface area contributed by atoms with Crippen LogP contribution in [0.3, 0.4) is 0 Å². The van der Waals surface area contributed by atoms with Crippen molar-refractivity contribution in [2.45, 2.75) is 31.3 Å². The standard InChI is InChI=1S/C12H17N5OS.ClH/c1-7-5-14-9(8(2)11(7)18)6-19-12-16-15-10(4-13)17(12)3;/h5H,4,6,13H2,1-3H3,(H,14,18);1H. The molecule has 6 nitrogen and oxygen atoms in total. The van der Waals surface area contributed by atoms with Gasteiger partial charge in [-0.15, -0.1) is 22.6 Å². The van der Waals surface area contributed by atoms with E-state index >= 15 is 0 Å². The van der Waals surface area contributed by atoms with Gasteiger partial charge < -0.3 is 15.3 Å². The molecule has 0 fully saturated rings. The first-order chi connectivity index (χ1) is 9.04. The van der Waals surface area contributed by atoms with E-state index in [1.807, 2.05) is 18.5 Å². The molecule has 0 radical (unpaired) electrons. The molecule has 0 unspecified atom stereocenters. The third kappa shape index (κ3) is 3.23. The minimum Gasteiger partial charge on any atom is -0.364 e. The predicted molar refractivity (Wildman–Crippen MR) is 82.2 cm³/mol. The van der Waals surface area contributed by atoms with Crippen LogP contribution >= 0.6 is 24.2 Å². The Bertz CT molecular complexity index is 652. The van der Waals surface area contributed by atoms with Crippen LogP contribution in [0.1, 0.15) is 22.6 Å². The summed E-state index contributed by atoms with van der Waals surface area (Å²) in [4.78, 5) is 15.0. The molecule has 0 saturated heterocycles. The van der Waals surface area contributed by atoms with Gasteiger partial charge in [-0.2, -0.15) is 0 Å². The van der Waals surface area contributed by atoms with Crippen molar-refractivity contribution >= 4 is 24.2 Å². The Morgan fingerprint density at radius 2 is 2.10 bits per heavy atom. The monoisotopic (exact) mass is 315 g/mol. The van der Waals surface area contributed by atoms with E-state index in [2.05, 4.69) is 15.2 Å². The Hall–Kier alpha value is -1.31. The quantitative estimate of drug-likeness (QED) is 0.830. The highest BCUT2D eigenvalue weighted by Crippen LogP contribution is 2.20. The van der Waals surface area contributed by atoms with Gasteiger partial charge >= 0.3 is 0 Å². The summed E-state index contributed by atoms with van der Waals surface area (Å²) < 4.78 is 1.87. The summed E-state index contributed by atoms with van der Waals surface area (Å²) in [5, 5.41) is 8.86. The smallest absolute Gasteiger partial charge is 0.191 e. The molecule has 0 aliphatic rings. The second-order valence-electron chi connectivity index (χ2n) is 4.35. The zero-order chi connectivity index (χ0) is 14.0. The summed E-state index contributed by atoms with van der Waals surface area (Å²) in [6, 6.07) is 0. The number of aryl methyl sites for hydroxylation is 1. The zero-order valence-electron chi connectivity index (χ0n) is 11.6. The molecule has 2 rings (SSSR count). The molecular weight excluding hydrogens is 298 g/mol. The molecule has 2 aromatic rings. The fraction of sp³-hybridized carbons (Fsp3) is 0.417. The number of rotatable bonds is 4. The molecule has 0 atom stereocenters. The molecular formula is C12H18ClN5OS. The average molecular weight is 316 g/mol. The minimum absolute atomic E-state index is 0. The Kier molecular flexibility index (Phi) is 5.79. The van der Waals surface area contributed by atoms with E-state index in [1.54, 1.807) is 13.1 Å². The number of aromatic amines is 1.